The summed E-state index contributed by atoms with van der Waals surface area (Å²) >= 11 is 0. The average Bonchev–Trinajstić information content (AvgIpc) is 2.57. The molecule has 6 nitrogen and oxygen atoms in total. The van der Waals surface area contributed by atoms with Gasteiger partial charge in [-0.25, -0.2) is 0 Å². The number of carbonyl (C=O) groups is 2. The number of carbonyl (C=O) groups excluding carboxylic acids is 2. The monoisotopic (exact) mass is 408 g/mol. The highest BCUT2D eigenvalue weighted by Crippen LogP contribution is 2.40. The molecular weight excluding hydrogens is 364 g/mol. The summed E-state index contributed by atoms with van der Waals surface area (Å²) in [6.45, 7) is 18.3. The number of hydrogen-bond acceptors (Lipinski definition) is 4. The lowest BCUT2D eigenvalue weighted by Crippen LogP contribution is -2.65. The van der Waals surface area contributed by atoms with Gasteiger partial charge in [0.15, 0.2) is 0 Å². The van der Waals surface area contributed by atoms with E-state index < -0.39 is 0 Å². The summed E-state index contributed by atoms with van der Waals surface area (Å²) in [6, 6.07) is 0.256. The molecule has 2 aliphatic rings. The fraction of sp³-hybridized carbons (Fsp3) is 0.913. The van der Waals surface area contributed by atoms with Crippen molar-refractivity contribution in [3.63, 3.8) is 0 Å². The molecule has 168 valence electrons. The van der Waals surface area contributed by atoms with Gasteiger partial charge in [-0.05, 0) is 95.2 Å². The molecule has 2 aliphatic heterocycles. The Bertz CT molecular complexity index is 526. The molecule has 0 atom stereocenters. The predicted octanol–water partition coefficient (Wildman–Crippen LogP) is 3.16. The average molecular weight is 409 g/mol. The van der Waals surface area contributed by atoms with E-state index in [1.54, 1.807) is 0 Å². The van der Waals surface area contributed by atoms with Gasteiger partial charge in [0.2, 0.25) is 12.8 Å². The van der Waals surface area contributed by atoms with Gasteiger partial charge < -0.3 is 9.80 Å². The Balaban J connectivity index is 2.20. The third kappa shape index (κ3) is 4.79. The van der Waals surface area contributed by atoms with Gasteiger partial charge in [0.1, 0.15) is 0 Å². The molecule has 29 heavy (non-hydrogen) atoms. The maximum absolute atomic E-state index is 12.1. The second-order valence-corrected chi connectivity index (χ2v) is 11.9. The van der Waals surface area contributed by atoms with Crippen molar-refractivity contribution in [1.29, 1.82) is 0 Å². The van der Waals surface area contributed by atoms with Crippen molar-refractivity contribution in [2.45, 2.75) is 115 Å². The first-order valence-corrected chi connectivity index (χ1v) is 11.0. The van der Waals surface area contributed by atoms with Crippen molar-refractivity contribution in [2.24, 2.45) is 0 Å². The molecule has 2 amide bonds. The normalized spacial score (nSPS) is 27.4. The minimum atomic E-state index is -0.00276. The van der Waals surface area contributed by atoms with Gasteiger partial charge in [0.05, 0.1) is 6.67 Å². The maximum Gasteiger partial charge on any atom is 0.211 e. The van der Waals surface area contributed by atoms with Crippen LogP contribution in [0, 0.1) is 0 Å². The summed E-state index contributed by atoms with van der Waals surface area (Å²) in [6.07, 6.45) is 5.52. The third-order valence-electron chi connectivity index (χ3n) is 8.11. The van der Waals surface area contributed by atoms with E-state index in [9.17, 15) is 9.59 Å². The second kappa shape index (κ2) is 7.84. The van der Waals surface area contributed by atoms with Crippen LogP contribution in [0.2, 0.25) is 0 Å². The number of hydrogen-bond donors (Lipinski definition) is 0. The van der Waals surface area contributed by atoms with E-state index in [1.165, 1.54) is 0 Å². The van der Waals surface area contributed by atoms with Crippen LogP contribution in [0.1, 0.15) is 81.1 Å². The predicted molar refractivity (Wildman–Crippen MR) is 119 cm³/mol. The molecule has 0 saturated carbocycles. The maximum atomic E-state index is 12.1. The zero-order valence-electron chi connectivity index (χ0n) is 20.5. The molecule has 0 aromatic carbocycles. The number of amides is 2. The van der Waals surface area contributed by atoms with Gasteiger partial charge in [0, 0.05) is 34.2 Å². The highest BCUT2D eigenvalue weighted by molar-refractivity contribution is 5.52. The van der Waals surface area contributed by atoms with Crippen LogP contribution in [0.3, 0.4) is 0 Å². The number of piperidine rings is 2. The molecule has 0 aliphatic carbocycles. The van der Waals surface area contributed by atoms with E-state index >= 15 is 0 Å². The van der Waals surface area contributed by atoms with Crippen molar-refractivity contribution < 1.29 is 9.59 Å². The SMILES string of the molecule is CN1C(C)(C)CC(N(C=O)CN(C=O)C2CC(C)(C)N(C)C(C)(C)C2)CC1(C)C. The summed E-state index contributed by atoms with van der Waals surface area (Å²) in [5.74, 6) is 0. The van der Waals surface area contributed by atoms with Gasteiger partial charge in [-0.3, -0.25) is 19.4 Å². The molecule has 0 aromatic rings. The Morgan fingerprint density at radius 3 is 1.10 bits per heavy atom. The highest BCUT2D eigenvalue weighted by Gasteiger charge is 2.47. The van der Waals surface area contributed by atoms with E-state index in [2.05, 4.69) is 79.3 Å². The minimum absolute atomic E-state index is 0.00276. The Hall–Kier alpha value is -1.14. The van der Waals surface area contributed by atoms with E-state index in [0.717, 1.165) is 38.5 Å². The molecule has 0 aromatic heterocycles. The van der Waals surface area contributed by atoms with Crippen molar-refractivity contribution >= 4 is 12.8 Å². The van der Waals surface area contributed by atoms with Gasteiger partial charge >= 0.3 is 0 Å². The Labute approximate surface area is 178 Å². The number of rotatable bonds is 6. The summed E-state index contributed by atoms with van der Waals surface area (Å²) in [5, 5.41) is 0. The summed E-state index contributed by atoms with van der Waals surface area (Å²) in [5.41, 5.74) is -0.0110. The second-order valence-electron chi connectivity index (χ2n) is 11.9. The fourth-order valence-corrected chi connectivity index (χ4v) is 5.76. The summed E-state index contributed by atoms with van der Waals surface area (Å²) in [7, 11) is 4.34. The van der Waals surface area contributed by atoms with Crippen molar-refractivity contribution in [3.8, 4) is 0 Å². The third-order valence-corrected chi connectivity index (χ3v) is 8.11. The lowest BCUT2D eigenvalue weighted by molar-refractivity contribution is -0.138. The molecular formula is C23H44N4O2. The smallest absolute Gasteiger partial charge is 0.211 e. The molecule has 0 N–H and O–H groups in total. The fourth-order valence-electron chi connectivity index (χ4n) is 5.76. The summed E-state index contributed by atoms with van der Waals surface area (Å²) < 4.78 is 0. The minimum Gasteiger partial charge on any atom is -0.324 e. The molecule has 0 spiro atoms. The Kier molecular flexibility index (Phi) is 6.53. The van der Waals surface area contributed by atoms with E-state index in [1.807, 2.05) is 9.80 Å². The molecule has 2 rings (SSSR count). The molecule has 0 bridgehead atoms. The first-order valence-electron chi connectivity index (χ1n) is 11.0. The highest BCUT2D eigenvalue weighted by atomic mass is 16.1. The molecule has 2 fully saturated rings. The van der Waals surface area contributed by atoms with E-state index in [4.69, 9.17) is 0 Å². The van der Waals surface area contributed by atoms with E-state index in [-0.39, 0.29) is 34.2 Å². The quantitative estimate of drug-likeness (QED) is 0.500. The van der Waals surface area contributed by atoms with Crippen molar-refractivity contribution in [1.82, 2.24) is 19.6 Å². The zero-order valence-corrected chi connectivity index (χ0v) is 20.5. The van der Waals surface area contributed by atoms with E-state index in [0.29, 0.717) is 6.67 Å². The lowest BCUT2D eigenvalue weighted by Gasteiger charge is -2.57. The topological polar surface area (TPSA) is 47.1 Å². The lowest BCUT2D eigenvalue weighted by atomic mass is 9.76. The van der Waals surface area contributed by atoms with Gasteiger partial charge in [-0.15, -0.1) is 0 Å². The van der Waals surface area contributed by atoms with Crippen LogP contribution in [0.5, 0.6) is 0 Å². The van der Waals surface area contributed by atoms with Crippen LogP contribution in [-0.4, -0.2) is 87.4 Å². The Morgan fingerprint density at radius 2 is 0.897 bits per heavy atom. The standard InChI is InChI=1S/C23H44N4O2/c1-20(2)11-18(12-21(3,4)24(20)9)26(16-28)15-27(17-29)19-13-22(5,6)25(10)23(7,8)14-19/h16-19H,11-15H2,1-10H3. The van der Waals surface area contributed by atoms with Crippen molar-refractivity contribution in [3.05, 3.63) is 0 Å². The molecule has 2 heterocycles. The van der Waals surface area contributed by atoms with Gasteiger partial charge in [-0.1, -0.05) is 0 Å². The largest absolute Gasteiger partial charge is 0.324 e. The zero-order chi connectivity index (χ0) is 22.4. The van der Waals surface area contributed by atoms with Crippen LogP contribution in [0.15, 0.2) is 0 Å². The molecule has 0 unspecified atom stereocenters. The first-order chi connectivity index (χ1) is 13.1. The molecule has 6 heteroatoms. The summed E-state index contributed by atoms with van der Waals surface area (Å²) in [4.78, 5) is 32.8. The number of likely N-dealkylation sites (tertiary alicyclic amines) is 2. The molecule has 2 saturated heterocycles. The van der Waals surface area contributed by atoms with Crippen LogP contribution in [0.25, 0.3) is 0 Å². The van der Waals surface area contributed by atoms with Crippen LogP contribution >= 0.6 is 0 Å². The van der Waals surface area contributed by atoms with Crippen LogP contribution < -0.4 is 0 Å². The Morgan fingerprint density at radius 1 is 0.655 bits per heavy atom. The van der Waals surface area contributed by atoms with Gasteiger partial charge in [-0.2, -0.15) is 0 Å². The van der Waals surface area contributed by atoms with Gasteiger partial charge in [0.25, 0.3) is 0 Å². The van der Waals surface area contributed by atoms with Crippen LogP contribution in [-0.2, 0) is 9.59 Å². The van der Waals surface area contributed by atoms with Crippen LogP contribution in [0.4, 0.5) is 0 Å². The van der Waals surface area contributed by atoms with Crippen molar-refractivity contribution in [2.75, 3.05) is 20.8 Å². The first kappa shape index (κ1) is 24.1. The number of nitrogens with zero attached hydrogens (tertiary/aromatic N) is 4. The molecule has 0 radical (unpaired) electrons.